The van der Waals surface area contributed by atoms with Gasteiger partial charge in [-0.25, -0.2) is 0 Å². The number of piperazine rings is 1. The van der Waals surface area contributed by atoms with Crippen molar-refractivity contribution in [2.45, 2.75) is 19.1 Å². The zero-order chi connectivity index (χ0) is 19.9. The summed E-state index contributed by atoms with van der Waals surface area (Å²) in [5, 5.41) is 2.79. The van der Waals surface area contributed by atoms with Gasteiger partial charge in [0, 0.05) is 46.3 Å². The van der Waals surface area contributed by atoms with Crippen molar-refractivity contribution in [2.24, 2.45) is 4.99 Å². The Morgan fingerprint density at radius 2 is 1.78 bits per heavy atom. The number of hydrogen-bond acceptors (Lipinski definition) is 4. The van der Waals surface area contributed by atoms with Crippen LogP contribution in [0.1, 0.15) is 12.0 Å². The molecule has 1 N–H and O–H groups in total. The summed E-state index contributed by atoms with van der Waals surface area (Å²) < 4.78 is 47.5. The first-order valence-corrected chi connectivity index (χ1v) is 8.82. The predicted molar refractivity (Wildman–Crippen MR) is 98.4 cm³/mol. The molecule has 1 aromatic carbocycles. The fourth-order valence-electron chi connectivity index (χ4n) is 3.00. The Bertz CT molecular complexity index is 630. The molecule has 0 radical (unpaired) electrons. The molecule has 1 heterocycles. The van der Waals surface area contributed by atoms with Crippen LogP contribution in [0.4, 0.5) is 13.2 Å². The van der Waals surface area contributed by atoms with Gasteiger partial charge >= 0.3 is 6.18 Å². The molecule has 0 saturated carbocycles. The highest BCUT2D eigenvalue weighted by atomic mass is 19.4. The molecule has 1 aromatic rings. The van der Waals surface area contributed by atoms with Crippen molar-refractivity contribution in [3.05, 3.63) is 23.8 Å². The summed E-state index contributed by atoms with van der Waals surface area (Å²) >= 11 is 0. The number of nitrogens with one attached hydrogen (secondary N) is 1. The van der Waals surface area contributed by atoms with Gasteiger partial charge in [-0.05, 0) is 17.7 Å². The lowest BCUT2D eigenvalue weighted by atomic mass is 10.1. The van der Waals surface area contributed by atoms with E-state index in [0.29, 0.717) is 30.5 Å². The van der Waals surface area contributed by atoms with Crippen LogP contribution in [0, 0.1) is 0 Å². The molecule has 0 spiro atoms. The van der Waals surface area contributed by atoms with Gasteiger partial charge in [-0.15, -0.1) is 0 Å². The van der Waals surface area contributed by atoms with Gasteiger partial charge in [0.15, 0.2) is 17.5 Å². The number of ether oxygens (including phenoxy) is 2. The lowest BCUT2D eigenvalue weighted by molar-refractivity contribution is -0.132. The third-order valence-electron chi connectivity index (χ3n) is 4.43. The summed E-state index contributed by atoms with van der Waals surface area (Å²) in [5.74, 6) is 1.91. The van der Waals surface area contributed by atoms with Gasteiger partial charge in [0.1, 0.15) is 0 Å². The number of nitrogens with zero attached hydrogens (tertiary/aromatic N) is 3. The topological polar surface area (TPSA) is 49.3 Å². The normalized spacial score (nSPS) is 16.4. The zero-order valence-corrected chi connectivity index (χ0v) is 16.0. The molecule has 1 saturated heterocycles. The zero-order valence-electron chi connectivity index (χ0n) is 16.0. The molecule has 1 fully saturated rings. The van der Waals surface area contributed by atoms with Crippen molar-refractivity contribution in [1.29, 1.82) is 0 Å². The predicted octanol–water partition coefficient (Wildman–Crippen LogP) is 2.35. The van der Waals surface area contributed by atoms with Gasteiger partial charge in [-0.3, -0.25) is 9.89 Å². The monoisotopic (exact) mass is 388 g/mol. The van der Waals surface area contributed by atoms with Crippen LogP contribution >= 0.6 is 0 Å². The standard InChI is InChI=1S/C18H27F3N4O2/c1-22-17(23-7-6-18(19,20)21)25-10-8-24(9-11-25)13-14-4-5-15(26-2)16(12-14)27-3/h4-5,12H,6-11,13H2,1-3H3,(H,22,23). The van der Waals surface area contributed by atoms with Crippen LogP contribution in [0.5, 0.6) is 11.5 Å². The highest BCUT2D eigenvalue weighted by Crippen LogP contribution is 2.28. The van der Waals surface area contributed by atoms with Crippen molar-refractivity contribution >= 4 is 5.96 Å². The van der Waals surface area contributed by atoms with Crippen molar-refractivity contribution in [1.82, 2.24) is 15.1 Å². The Morgan fingerprint density at radius 3 is 2.33 bits per heavy atom. The summed E-state index contributed by atoms with van der Waals surface area (Å²) in [6.07, 6.45) is -5.03. The van der Waals surface area contributed by atoms with Crippen LogP contribution < -0.4 is 14.8 Å². The first kappa shape index (κ1) is 21.1. The van der Waals surface area contributed by atoms with E-state index in [1.54, 1.807) is 21.3 Å². The van der Waals surface area contributed by atoms with Gasteiger partial charge < -0.3 is 19.7 Å². The number of benzene rings is 1. The molecule has 0 aliphatic carbocycles. The van der Waals surface area contributed by atoms with E-state index in [0.717, 1.165) is 25.2 Å². The van der Waals surface area contributed by atoms with Crippen LogP contribution in [0.25, 0.3) is 0 Å². The van der Waals surface area contributed by atoms with Crippen LogP contribution in [0.3, 0.4) is 0 Å². The highest BCUT2D eigenvalue weighted by molar-refractivity contribution is 5.79. The molecule has 0 atom stereocenters. The molecular weight excluding hydrogens is 361 g/mol. The van der Waals surface area contributed by atoms with Crippen molar-refractivity contribution in [2.75, 3.05) is 54.0 Å². The first-order chi connectivity index (χ1) is 12.9. The molecule has 1 aliphatic heterocycles. The Hall–Kier alpha value is -2.16. The first-order valence-electron chi connectivity index (χ1n) is 8.82. The van der Waals surface area contributed by atoms with Crippen LogP contribution in [0.2, 0.25) is 0 Å². The molecule has 152 valence electrons. The fourth-order valence-corrected chi connectivity index (χ4v) is 3.00. The van der Waals surface area contributed by atoms with E-state index in [1.165, 1.54) is 0 Å². The molecule has 27 heavy (non-hydrogen) atoms. The van der Waals surface area contributed by atoms with Gasteiger partial charge in [0.25, 0.3) is 0 Å². The summed E-state index contributed by atoms with van der Waals surface area (Å²) in [6.45, 7) is 3.62. The lowest BCUT2D eigenvalue weighted by Gasteiger charge is -2.36. The van der Waals surface area contributed by atoms with E-state index in [2.05, 4.69) is 15.2 Å². The average Bonchev–Trinajstić information content (AvgIpc) is 2.65. The summed E-state index contributed by atoms with van der Waals surface area (Å²) in [5.41, 5.74) is 1.12. The fraction of sp³-hybridized carbons (Fsp3) is 0.611. The van der Waals surface area contributed by atoms with Gasteiger partial charge in [0.2, 0.25) is 0 Å². The van der Waals surface area contributed by atoms with Crippen molar-refractivity contribution < 1.29 is 22.6 Å². The Labute approximate surface area is 157 Å². The van der Waals surface area contributed by atoms with Crippen LogP contribution in [0.15, 0.2) is 23.2 Å². The van der Waals surface area contributed by atoms with Crippen LogP contribution in [-0.2, 0) is 6.54 Å². The number of guanidine groups is 1. The maximum atomic E-state index is 12.3. The highest BCUT2D eigenvalue weighted by Gasteiger charge is 2.27. The van der Waals surface area contributed by atoms with E-state index in [-0.39, 0.29) is 6.54 Å². The van der Waals surface area contributed by atoms with Crippen LogP contribution in [-0.4, -0.2) is 75.9 Å². The van der Waals surface area contributed by atoms with Gasteiger partial charge in [-0.2, -0.15) is 13.2 Å². The average molecular weight is 388 g/mol. The minimum Gasteiger partial charge on any atom is -0.493 e. The van der Waals surface area contributed by atoms with E-state index in [9.17, 15) is 13.2 Å². The number of aliphatic imine (C=N–C) groups is 1. The van der Waals surface area contributed by atoms with Gasteiger partial charge in [-0.1, -0.05) is 6.07 Å². The summed E-state index contributed by atoms with van der Waals surface area (Å²) in [4.78, 5) is 8.38. The largest absolute Gasteiger partial charge is 0.493 e. The third kappa shape index (κ3) is 6.50. The SMILES string of the molecule is CN=C(NCCC(F)(F)F)N1CCN(Cc2ccc(OC)c(OC)c2)CC1. The van der Waals surface area contributed by atoms with Crippen molar-refractivity contribution in [3.63, 3.8) is 0 Å². The summed E-state index contributed by atoms with van der Waals surface area (Å²) in [7, 11) is 4.80. The van der Waals surface area contributed by atoms with E-state index < -0.39 is 12.6 Å². The molecule has 0 amide bonds. The molecule has 1 aliphatic rings. The Kier molecular flexibility index (Phi) is 7.58. The molecule has 6 nitrogen and oxygen atoms in total. The second-order valence-electron chi connectivity index (χ2n) is 6.29. The van der Waals surface area contributed by atoms with E-state index in [4.69, 9.17) is 9.47 Å². The number of halogens is 3. The lowest BCUT2D eigenvalue weighted by Crippen LogP contribution is -2.52. The second-order valence-corrected chi connectivity index (χ2v) is 6.29. The number of methoxy groups -OCH3 is 2. The number of rotatable bonds is 6. The minimum absolute atomic E-state index is 0.165. The second kappa shape index (κ2) is 9.68. The number of alkyl halides is 3. The third-order valence-corrected chi connectivity index (χ3v) is 4.43. The van der Waals surface area contributed by atoms with E-state index in [1.807, 2.05) is 23.1 Å². The van der Waals surface area contributed by atoms with Gasteiger partial charge in [0.05, 0.1) is 20.6 Å². The maximum Gasteiger partial charge on any atom is 0.390 e. The molecule has 9 heteroatoms. The maximum absolute atomic E-state index is 12.3. The Balaban J connectivity index is 1.84. The summed E-state index contributed by atoms with van der Waals surface area (Å²) in [6, 6.07) is 5.85. The quantitative estimate of drug-likeness (QED) is 0.599. The molecule has 2 rings (SSSR count). The van der Waals surface area contributed by atoms with E-state index >= 15 is 0 Å². The number of hydrogen-bond donors (Lipinski definition) is 1. The molecular formula is C18H27F3N4O2. The minimum atomic E-state index is -4.16. The smallest absolute Gasteiger partial charge is 0.390 e. The molecule has 0 aromatic heterocycles. The molecule has 0 bridgehead atoms. The Morgan fingerprint density at radius 1 is 1.11 bits per heavy atom. The molecule has 0 unspecified atom stereocenters. The van der Waals surface area contributed by atoms with Crippen molar-refractivity contribution in [3.8, 4) is 11.5 Å².